The smallest absolute Gasteiger partial charge is 0.328 e. The van der Waals surface area contributed by atoms with Crippen LogP contribution in [0.25, 0.3) is 11.0 Å². The van der Waals surface area contributed by atoms with Crippen LogP contribution in [0.15, 0.2) is 22.6 Å². The molecule has 0 spiro atoms. The van der Waals surface area contributed by atoms with Crippen molar-refractivity contribution >= 4 is 22.8 Å². The normalized spacial score (nSPS) is 18.2. The number of ether oxygens (including phenoxy) is 1. The molecular weight excluding hydrogens is 294 g/mol. The minimum Gasteiger partial charge on any atom is -0.467 e. The van der Waals surface area contributed by atoms with Crippen LogP contribution in [-0.2, 0) is 9.53 Å². The van der Waals surface area contributed by atoms with Crippen LogP contribution >= 0.6 is 0 Å². The van der Waals surface area contributed by atoms with Crippen molar-refractivity contribution in [1.82, 2.24) is 4.90 Å². The van der Waals surface area contributed by atoms with Gasteiger partial charge in [-0.3, -0.25) is 4.79 Å². The van der Waals surface area contributed by atoms with Gasteiger partial charge in [0.2, 0.25) is 0 Å². The highest BCUT2D eigenvalue weighted by molar-refractivity contribution is 6.00. The highest BCUT2D eigenvalue weighted by atomic mass is 16.5. The van der Waals surface area contributed by atoms with Gasteiger partial charge in [-0.2, -0.15) is 0 Å². The van der Waals surface area contributed by atoms with Crippen LogP contribution in [0.3, 0.4) is 0 Å². The predicted molar refractivity (Wildman–Crippen MR) is 86.4 cm³/mol. The second-order valence-electron chi connectivity index (χ2n) is 6.09. The summed E-state index contributed by atoms with van der Waals surface area (Å²) in [6, 6.07) is 5.33. The maximum absolute atomic E-state index is 12.9. The van der Waals surface area contributed by atoms with E-state index in [1.165, 1.54) is 7.11 Å². The van der Waals surface area contributed by atoms with E-state index in [0.29, 0.717) is 24.3 Å². The molecule has 0 saturated carbocycles. The van der Waals surface area contributed by atoms with Gasteiger partial charge in [0.25, 0.3) is 5.91 Å². The average molecular weight is 315 g/mol. The molecule has 1 aromatic heterocycles. The van der Waals surface area contributed by atoms with Gasteiger partial charge in [0, 0.05) is 17.5 Å². The summed E-state index contributed by atoms with van der Waals surface area (Å²) in [5.74, 6) is -0.268. The Kier molecular flexibility index (Phi) is 4.11. The highest BCUT2D eigenvalue weighted by Gasteiger charge is 2.35. The largest absolute Gasteiger partial charge is 0.467 e. The molecule has 122 valence electrons. The SMILES string of the molecule is COC(=O)[C@@H]1CCCCN1C(=O)c1oc2ccc(C)cc2c1C. The Morgan fingerprint density at radius 1 is 1.26 bits per heavy atom. The summed E-state index contributed by atoms with van der Waals surface area (Å²) >= 11 is 0. The Balaban J connectivity index is 1.98. The van der Waals surface area contributed by atoms with Crippen molar-refractivity contribution in [2.75, 3.05) is 13.7 Å². The van der Waals surface area contributed by atoms with E-state index in [-0.39, 0.29) is 11.9 Å². The van der Waals surface area contributed by atoms with Crippen molar-refractivity contribution in [1.29, 1.82) is 0 Å². The van der Waals surface area contributed by atoms with Crippen LogP contribution in [0, 0.1) is 13.8 Å². The van der Waals surface area contributed by atoms with Crippen LogP contribution in [0.2, 0.25) is 0 Å². The molecule has 1 amide bonds. The molecule has 1 aromatic carbocycles. The lowest BCUT2D eigenvalue weighted by Crippen LogP contribution is -2.48. The predicted octanol–water partition coefficient (Wildman–Crippen LogP) is 3.22. The quantitative estimate of drug-likeness (QED) is 0.798. The van der Waals surface area contributed by atoms with Crippen LogP contribution in [0.4, 0.5) is 0 Å². The first-order valence-corrected chi connectivity index (χ1v) is 7.91. The van der Waals surface area contributed by atoms with E-state index in [1.54, 1.807) is 4.90 Å². The molecule has 2 heterocycles. The monoisotopic (exact) mass is 315 g/mol. The third kappa shape index (κ3) is 2.71. The molecule has 0 N–H and O–H groups in total. The topological polar surface area (TPSA) is 59.8 Å². The first kappa shape index (κ1) is 15.6. The van der Waals surface area contributed by atoms with Crippen LogP contribution in [-0.4, -0.2) is 36.5 Å². The zero-order chi connectivity index (χ0) is 16.6. The molecule has 1 fully saturated rings. The number of fused-ring (bicyclic) bond motifs is 1. The molecule has 0 bridgehead atoms. The molecule has 0 radical (unpaired) electrons. The van der Waals surface area contributed by atoms with Gasteiger partial charge < -0.3 is 14.1 Å². The molecule has 1 atom stereocenters. The summed E-state index contributed by atoms with van der Waals surface area (Å²) in [6.07, 6.45) is 2.44. The van der Waals surface area contributed by atoms with Crippen LogP contribution < -0.4 is 0 Å². The number of carbonyl (C=O) groups is 2. The first-order valence-electron chi connectivity index (χ1n) is 7.91. The number of amides is 1. The van der Waals surface area contributed by atoms with E-state index < -0.39 is 6.04 Å². The lowest BCUT2D eigenvalue weighted by Gasteiger charge is -2.33. The third-order valence-corrected chi connectivity index (χ3v) is 4.52. The van der Waals surface area contributed by atoms with E-state index >= 15 is 0 Å². The number of likely N-dealkylation sites (tertiary alicyclic amines) is 1. The summed E-state index contributed by atoms with van der Waals surface area (Å²) in [5.41, 5.74) is 2.64. The number of piperidine rings is 1. The van der Waals surface area contributed by atoms with E-state index in [4.69, 9.17) is 9.15 Å². The summed E-state index contributed by atoms with van der Waals surface area (Å²) in [7, 11) is 1.36. The fraction of sp³-hybridized carbons (Fsp3) is 0.444. The lowest BCUT2D eigenvalue weighted by atomic mass is 10.0. The number of rotatable bonds is 2. The van der Waals surface area contributed by atoms with Crippen molar-refractivity contribution in [3.05, 3.63) is 35.1 Å². The van der Waals surface area contributed by atoms with E-state index in [9.17, 15) is 9.59 Å². The number of carbonyl (C=O) groups excluding carboxylic acids is 2. The van der Waals surface area contributed by atoms with Crippen molar-refractivity contribution in [3.63, 3.8) is 0 Å². The molecule has 5 heteroatoms. The van der Waals surface area contributed by atoms with E-state index in [1.807, 2.05) is 32.0 Å². The molecule has 1 aliphatic heterocycles. The number of benzene rings is 1. The second-order valence-corrected chi connectivity index (χ2v) is 6.09. The zero-order valence-electron chi connectivity index (χ0n) is 13.7. The van der Waals surface area contributed by atoms with Crippen molar-refractivity contribution in [2.45, 2.75) is 39.2 Å². The number of furan rings is 1. The third-order valence-electron chi connectivity index (χ3n) is 4.52. The lowest BCUT2D eigenvalue weighted by molar-refractivity contribution is -0.147. The molecule has 1 saturated heterocycles. The van der Waals surface area contributed by atoms with Gasteiger partial charge in [-0.25, -0.2) is 4.79 Å². The molecule has 3 rings (SSSR count). The number of hydrogen-bond acceptors (Lipinski definition) is 4. The number of aryl methyl sites for hydroxylation is 2. The summed E-state index contributed by atoms with van der Waals surface area (Å²) in [6.45, 7) is 4.44. The fourth-order valence-electron chi connectivity index (χ4n) is 3.22. The minimum atomic E-state index is -0.518. The molecule has 2 aromatic rings. The standard InChI is InChI=1S/C18H21NO4/c1-11-7-8-15-13(10-11)12(2)16(23-15)17(20)19-9-5-4-6-14(19)18(21)22-3/h7-8,10,14H,4-6,9H2,1-3H3/t14-/m0/s1. The van der Waals surface area contributed by atoms with Crippen LogP contribution in [0.5, 0.6) is 0 Å². The number of esters is 1. The van der Waals surface area contributed by atoms with E-state index in [2.05, 4.69) is 0 Å². The Morgan fingerprint density at radius 3 is 2.78 bits per heavy atom. The van der Waals surface area contributed by atoms with Crippen molar-refractivity contribution < 1.29 is 18.7 Å². The number of hydrogen-bond donors (Lipinski definition) is 0. The van der Waals surface area contributed by atoms with Gasteiger partial charge in [0.1, 0.15) is 11.6 Å². The Morgan fingerprint density at radius 2 is 2.04 bits per heavy atom. The van der Waals surface area contributed by atoms with Gasteiger partial charge >= 0.3 is 5.97 Å². The minimum absolute atomic E-state index is 0.230. The second kappa shape index (κ2) is 6.07. The Hall–Kier alpha value is -2.30. The average Bonchev–Trinajstić information content (AvgIpc) is 2.90. The first-order chi connectivity index (χ1) is 11.0. The summed E-state index contributed by atoms with van der Waals surface area (Å²) in [4.78, 5) is 26.5. The molecule has 0 unspecified atom stereocenters. The Bertz CT molecular complexity index is 762. The van der Waals surface area contributed by atoms with Gasteiger partial charge in [-0.05, 0) is 45.2 Å². The molecule has 23 heavy (non-hydrogen) atoms. The van der Waals surface area contributed by atoms with Crippen molar-refractivity contribution in [3.8, 4) is 0 Å². The van der Waals surface area contributed by atoms with Crippen molar-refractivity contribution in [2.24, 2.45) is 0 Å². The summed E-state index contributed by atoms with van der Waals surface area (Å²) in [5, 5.41) is 0.944. The van der Waals surface area contributed by atoms with Gasteiger partial charge in [-0.15, -0.1) is 0 Å². The highest BCUT2D eigenvalue weighted by Crippen LogP contribution is 2.29. The van der Waals surface area contributed by atoms with Gasteiger partial charge in [0.15, 0.2) is 5.76 Å². The Labute approximate surface area is 135 Å². The van der Waals surface area contributed by atoms with Gasteiger partial charge in [-0.1, -0.05) is 11.6 Å². The maximum Gasteiger partial charge on any atom is 0.328 e. The fourth-order valence-corrected chi connectivity index (χ4v) is 3.22. The maximum atomic E-state index is 12.9. The number of methoxy groups -OCH3 is 1. The zero-order valence-corrected chi connectivity index (χ0v) is 13.7. The number of nitrogens with zero attached hydrogens (tertiary/aromatic N) is 1. The summed E-state index contributed by atoms with van der Waals surface area (Å²) < 4.78 is 10.6. The molecule has 5 nitrogen and oxygen atoms in total. The van der Waals surface area contributed by atoms with E-state index in [0.717, 1.165) is 29.4 Å². The molecule has 0 aliphatic carbocycles. The van der Waals surface area contributed by atoms with Gasteiger partial charge in [0.05, 0.1) is 7.11 Å². The molecular formula is C18H21NO4. The van der Waals surface area contributed by atoms with Crippen LogP contribution in [0.1, 0.15) is 40.9 Å². The molecule has 1 aliphatic rings.